The summed E-state index contributed by atoms with van der Waals surface area (Å²) in [6, 6.07) is 33.8. The smallest absolute Gasteiger partial charge is 0.216 e. The number of aryl methyl sites for hydroxylation is 4. The summed E-state index contributed by atoms with van der Waals surface area (Å²) < 4.78 is 59.0. The summed E-state index contributed by atoms with van der Waals surface area (Å²) in [7, 11) is 1.85. The van der Waals surface area contributed by atoms with Crippen LogP contribution in [0, 0.1) is 20.6 Å². The predicted octanol–water partition coefficient (Wildman–Crippen LogP) is 10.2. The number of hydrogen-bond donors (Lipinski definition) is 0. The zero-order valence-electron chi connectivity index (χ0n) is 28.7. The van der Waals surface area contributed by atoms with E-state index in [1.165, 1.54) is 0 Å². The summed E-state index contributed by atoms with van der Waals surface area (Å²) in [6.45, 7) is -2.68. The van der Waals surface area contributed by atoms with Crippen molar-refractivity contribution < 1.29 is 17.2 Å². The zero-order chi connectivity index (χ0) is 32.8. The second kappa shape index (κ2) is 8.78. The molecule has 0 spiro atoms. The van der Waals surface area contributed by atoms with Crippen LogP contribution in [0.3, 0.4) is 0 Å². The average molecular weight is 535 g/mol. The van der Waals surface area contributed by atoms with E-state index in [9.17, 15) is 0 Å². The second-order valence-electron chi connectivity index (χ2n) is 11.0. The normalized spacial score (nSPS) is 14.7. The van der Waals surface area contributed by atoms with Gasteiger partial charge in [0.1, 0.15) is 18.2 Å². The predicted molar refractivity (Wildman–Crippen MR) is 174 cm³/mol. The molecular weight excluding hydrogens is 498 g/mol. The first-order valence-electron chi connectivity index (χ1n) is 16.7. The lowest BCUT2D eigenvalue weighted by Crippen LogP contribution is -2.28. The lowest BCUT2D eigenvalue weighted by molar-refractivity contribution is -0.645. The van der Waals surface area contributed by atoms with Gasteiger partial charge in [-0.3, -0.25) is 0 Å². The summed E-state index contributed by atoms with van der Waals surface area (Å²) in [5, 5.41) is 9.24. The van der Waals surface area contributed by atoms with E-state index in [1.54, 1.807) is 18.3 Å². The Hall–Kier alpha value is -4.95. The minimum absolute atomic E-state index is 0.236. The lowest BCUT2D eigenvalue weighted by Gasteiger charge is -2.04. The van der Waals surface area contributed by atoms with Crippen molar-refractivity contribution in [1.82, 2.24) is 0 Å². The molecule has 0 aliphatic heterocycles. The molecule has 8 rings (SSSR count). The molecule has 0 unspecified atom stereocenters. The van der Waals surface area contributed by atoms with Gasteiger partial charge in [0, 0.05) is 36.0 Å². The van der Waals surface area contributed by atoms with E-state index in [-0.39, 0.29) is 11.1 Å². The zero-order valence-corrected chi connectivity index (χ0v) is 22.7. The number of fused-ring (bicyclic) bond motifs is 14. The largest absolute Gasteiger partial charge is 0.454 e. The van der Waals surface area contributed by atoms with E-state index >= 15 is 0 Å². The molecule has 3 aromatic heterocycles. The topological polar surface area (TPSA) is 17.0 Å². The number of nitrogens with zero attached hydrogens (tertiary/aromatic N) is 1. The maximum atomic E-state index is 8.46. The van der Waals surface area contributed by atoms with Crippen molar-refractivity contribution in [2.45, 2.75) is 20.6 Å². The van der Waals surface area contributed by atoms with Gasteiger partial charge in [-0.15, -0.1) is 0 Å². The van der Waals surface area contributed by atoms with E-state index in [1.807, 2.05) is 79.2 Å². The van der Waals surface area contributed by atoms with Crippen LogP contribution in [-0.2, 0) is 7.05 Å². The van der Waals surface area contributed by atoms with Crippen molar-refractivity contribution in [3.8, 4) is 0 Å². The van der Waals surface area contributed by atoms with Gasteiger partial charge in [0.05, 0.1) is 5.39 Å². The van der Waals surface area contributed by atoms with Crippen LogP contribution in [0.5, 0.6) is 0 Å². The third kappa shape index (κ3) is 3.68. The third-order valence-electron chi connectivity index (χ3n) is 8.36. The van der Waals surface area contributed by atoms with Crippen LogP contribution < -0.4 is 4.57 Å². The fourth-order valence-electron chi connectivity index (χ4n) is 6.32. The Labute approximate surface area is 246 Å². The van der Waals surface area contributed by atoms with Crippen molar-refractivity contribution in [2.75, 3.05) is 0 Å². The number of aromatic nitrogens is 1. The minimum Gasteiger partial charge on any atom is -0.454 e. The Morgan fingerprint density at radius 3 is 1.83 bits per heavy atom. The van der Waals surface area contributed by atoms with E-state index in [4.69, 9.17) is 12.6 Å². The summed E-state index contributed by atoms with van der Waals surface area (Å²) in [5.41, 5.74) is 3.44. The Morgan fingerprint density at radius 2 is 1.17 bits per heavy atom. The number of hydrogen-bond acceptors (Lipinski definition) is 1. The molecule has 2 heteroatoms. The third-order valence-corrected chi connectivity index (χ3v) is 8.36. The van der Waals surface area contributed by atoms with Gasteiger partial charge in [0.15, 0.2) is 6.20 Å². The van der Waals surface area contributed by atoms with Gasteiger partial charge < -0.3 is 4.42 Å². The van der Waals surface area contributed by atoms with Gasteiger partial charge in [-0.25, -0.2) is 4.57 Å². The van der Waals surface area contributed by atoms with Crippen LogP contribution in [0.2, 0.25) is 0 Å². The highest BCUT2D eigenvalue weighted by Crippen LogP contribution is 2.38. The molecule has 2 nitrogen and oxygen atoms in total. The first-order chi connectivity index (χ1) is 22.4. The lowest BCUT2D eigenvalue weighted by atomic mass is 10.00. The van der Waals surface area contributed by atoms with Gasteiger partial charge >= 0.3 is 0 Å². The molecule has 196 valence electrons. The second-order valence-corrected chi connectivity index (χ2v) is 11.0. The van der Waals surface area contributed by atoms with Gasteiger partial charge in [-0.2, -0.15) is 0 Å². The molecule has 8 aromatic rings. The molecule has 0 N–H and O–H groups in total. The molecule has 0 radical (unpaired) electrons. The maximum absolute atomic E-state index is 8.46. The van der Waals surface area contributed by atoms with Crippen molar-refractivity contribution in [3.63, 3.8) is 0 Å². The van der Waals surface area contributed by atoms with Crippen LogP contribution in [0.4, 0.5) is 0 Å². The monoisotopic (exact) mass is 534 g/mol. The van der Waals surface area contributed by atoms with Crippen molar-refractivity contribution in [2.24, 2.45) is 7.05 Å². The molecule has 0 amide bonds. The van der Waals surface area contributed by atoms with Gasteiger partial charge in [0.25, 0.3) is 0 Å². The van der Waals surface area contributed by atoms with Crippen LogP contribution in [0.15, 0.2) is 114 Å². The Balaban J connectivity index is 1.72. The van der Waals surface area contributed by atoms with Crippen LogP contribution in [-0.4, -0.2) is 0 Å². The molecule has 3 heterocycles. The van der Waals surface area contributed by atoms with Gasteiger partial charge in [-0.05, 0) is 99.8 Å². The Morgan fingerprint density at radius 1 is 0.561 bits per heavy atom. The highest BCUT2D eigenvalue weighted by atomic mass is 16.3. The molecule has 0 aliphatic rings. The molecule has 0 aliphatic carbocycles. The van der Waals surface area contributed by atoms with E-state index in [2.05, 4.69) is 30.3 Å². The fraction of sp³-hybridized carbons (Fsp3) is 0.103. The fourth-order valence-corrected chi connectivity index (χ4v) is 6.32. The van der Waals surface area contributed by atoms with Crippen LogP contribution >= 0.6 is 0 Å². The molecule has 0 saturated carbocycles. The average Bonchev–Trinajstić information content (AvgIpc) is 3.42. The summed E-state index contributed by atoms with van der Waals surface area (Å²) >= 11 is 0. The molecule has 10 bridgehead atoms. The summed E-state index contributed by atoms with van der Waals surface area (Å²) in [5.74, 6) is 0. The quantitative estimate of drug-likeness (QED) is 0.177. The molecule has 5 aromatic carbocycles. The summed E-state index contributed by atoms with van der Waals surface area (Å²) in [4.78, 5) is 0. The Bertz CT molecular complexity index is 2680. The molecule has 41 heavy (non-hydrogen) atoms. The Kier molecular flexibility index (Phi) is 3.94. The number of pyridine rings is 1. The van der Waals surface area contributed by atoms with Crippen molar-refractivity contribution in [1.29, 1.82) is 0 Å². The van der Waals surface area contributed by atoms with E-state index in [0.29, 0.717) is 27.3 Å². The van der Waals surface area contributed by atoms with Crippen LogP contribution in [0.25, 0.3) is 75.9 Å². The highest BCUT2D eigenvalue weighted by Gasteiger charge is 2.18. The van der Waals surface area contributed by atoms with Gasteiger partial charge in [-0.1, -0.05) is 66.7 Å². The van der Waals surface area contributed by atoms with Gasteiger partial charge in [0.2, 0.25) is 5.52 Å². The first-order valence-corrected chi connectivity index (χ1v) is 13.7. The molecule has 0 fully saturated rings. The van der Waals surface area contributed by atoms with Crippen molar-refractivity contribution >= 4 is 75.9 Å². The molecule has 0 atom stereocenters. The van der Waals surface area contributed by atoms with Crippen molar-refractivity contribution in [3.05, 3.63) is 126 Å². The standard InChI is InChI=1S/C39H30NO/c1-23-16-34-31-13-7-11-29(20-31)27-9-5-8-26(18-27)28-10-6-12-30(19-28)33-21-36(40(4)22-25(33)3)37-24(2)14-15-32-35(17-23)38(34)41-39(32)37/h5-22H,1-4H3/q+1/i1D3,3D3. The van der Waals surface area contributed by atoms with E-state index in [0.717, 1.165) is 54.2 Å². The summed E-state index contributed by atoms with van der Waals surface area (Å²) in [6.07, 6.45) is 1.70. The number of benzene rings is 5. The van der Waals surface area contributed by atoms with E-state index < -0.39 is 13.7 Å². The molecule has 0 saturated heterocycles. The molecular formula is C39H30NO+. The van der Waals surface area contributed by atoms with Crippen LogP contribution in [0.1, 0.15) is 24.9 Å². The maximum Gasteiger partial charge on any atom is 0.216 e. The number of furan rings is 1. The minimum atomic E-state index is -2.36. The highest BCUT2D eigenvalue weighted by molar-refractivity contribution is 6.19. The first kappa shape index (κ1) is 18.4. The SMILES string of the molecule is [2H]C([2H])([2H])c1cc2c3cccc(c3)c3cccc(c3)c3cccc(c3)c3cc(c4c(C)ccc5c(c1)c2oc54)[n+](C)cc3C([2H])([2H])[2H]. The number of rotatable bonds is 0.